The number of nitrogens with one attached hydrogen (secondary N) is 2. The van der Waals surface area contributed by atoms with Crippen molar-refractivity contribution in [2.75, 3.05) is 11.5 Å². The van der Waals surface area contributed by atoms with E-state index in [1.165, 1.54) is 22.0 Å². The number of hydrogen-bond acceptors (Lipinski definition) is 6. The van der Waals surface area contributed by atoms with E-state index < -0.39 is 0 Å². The molecule has 2 aromatic heterocycles. The molecule has 0 bridgehead atoms. The van der Waals surface area contributed by atoms with Crippen molar-refractivity contribution in [3.8, 4) is 0 Å². The van der Waals surface area contributed by atoms with Crippen molar-refractivity contribution >= 4 is 11.9 Å². The van der Waals surface area contributed by atoms with Gasteiger partial charge in [-0.1, -0.05) is 9.35 Å². The number of nitrogens with two attached hydrogens (primary N) is 2. The minimum absolute atomic E-state index is 0. The van der Waals surface area contributed by atoms with Gasteiger partial charge in [-0.3, -0.25) is 0 Å². The second kappa shape index (κ2) is 9.06. The average molecular weight is 303 g/mol. The maximum atomic E-state index is 5.45. The molecule has 0 aliphatic carbocycles. The molecule has 2 rings (SSSR count). The maximum Gasteiger partial charge on any atom is 0.344 e. The van der Waals surface area contributed by atoms with Crippen LogP contribution in [-0.4, -0.2) is 31.3 Å². The fourth-order valence-electron chi connectivity index (χ4n) is 0.755. The number of halogens is 2. The van der Waals surface area contributed by atoms with E-state index in [2.05, 4.69) is 30.8 Å². The van der Waals surface area contributed by atoms with Gasteiger partial charge in [0, 0.05) is 0 Å². The van der Waals surface area contributed by atoms with Crippen LogP contribution in [0.1, 0.15) is 0 Å². The van der Waals surface area contributed by atoms with E-state index in [1.54, 1.807) is 0 Å². The van der Waals surface area contributed by atoms with Gasteiger partial charge in [-0.25, -0.2) is 0 Å². The summed E-state index contributed by atoms with van der Waals surface area (Å²) in [4.78, 5) is 0. The number of nitrogens with zero attached hydrogens (tertiary/aromatic N) is 6. The first-order valence-electron chi connectivity index (χ1n) is 3.60. The summed E-state index contributed by atoms with van der Waals surface area (Å²) in [5, 5.41) is 19.7. The Labute approximate surface area is 112 Å². The quantitative estimate of drug-likeness (QED) is 0.315. The third kappa shape index (κ3) is 4.46. The Kier molecular flexibility index (Phi) is 10.7. The van der Waals surface area contributed by atoms with Gasteiger partial charge in [0.2, 0.25) is 12.7 Å². The highest BCUT2D eigenvalue weighted by molar-refractivity contribution is 4.99. The SMILES string of the molecule is Nc1[nH]nc[n+]1/N=N/[n+]1cn[nH]c1N.O.O.[Cl-].[Cl-]. The Hall–Kier alpha value is -2.02. The summed E-state index contributed by atoms with van der Waals surface area (Å²) in [5.41, 5.74) is 10.9. The van der Waals surface area contributed by atoms with E-state index in [1.807, 2.05) is 0 Å². The van der Waals surface area contributed by atoms with Crippen molar-refractivity contribution in [1.29, 1.82) is 0 Å². The predicted octanol–water partition coefficient (Wildman–Crippen LogP) is -10.1. The summed E-state index contributed by atoms with van der Waals surface area (Å²) >= 11 is 0. The molecule has 0 unspecified atom stereocenters. The van der Waals surface area contributed by atoms with E-state index >= 15 is 0 Å². The van der Waals surface area contributed by atoms with Gasteiger partial charge < -0.3 is 47.2 Å². The van der Waals surface area contributed by atoms with Crippen LogP contribution in [0.5, 0.6) is 0 Å². The normalized spacial score (nSPS) is 8.67. The minimum atomic E-state index is 0. The molecule has 104 valence electrons. The Morgan fingerprint density at radius 1 is 0.889 bits per heavy atom. The molecule has 18 heavy (non-hydrogen) atoms. The molecule has 0 aliphatic heterocycles. The molecular weight excluding hydrogens is 291 g/mol. The van der Waals surface area contributed by atoms with Crippen LogP contribution >= 0.6 is 0 Å². The van der Waals surface area contributed by atoms with Crippen LogP contribution in [0.15, 0.2) is 23.1 Å². The van der Waals surface area contributed by atoms with Gasteiger partial charge in [0.05, 0.1) is 0 Å². The molecule has 0 atom stereocenters. The zero-order valence-corrected chi connectivity index (χ0v) is 10.3. The predicted molar refractivity (Wildman–Crippen MR) is 49.3 cm³/mol. The Morgan fingerprint density at radius 2 is 1.22 bits per heavy atom. The maximum absolute atomic E-state index is 5.45. The van der Waals surface area contributed by atoms with Crippen LogP contribution in [0.4, 0.5) is 11.9 Å². The lowest BCUT2D eigenvalue weighted by molar-refractivity contribution is -0.732. The van der Waals surface area contributed by atoms with Crippen molar-refractivity contribution in [2.45, 2.75) is 0 Å². The molecule has 10 N–H and O–H groups in total. The second-order valence-corrected chi connectivity index (χ2v) is 2.35. The summed E-state index contributed by atoms with van der Waals surface area (Å²) in [5.74, 6) is 0.521. The van der Waals surface area contributed by atoms with Crippen molar-refractivity contribution in [3.63, 3.8) is 0 Å². The lowest BCUT2D eigenvalue weighted by Gasteiger charge is -1.80. The van der Waals surface area contributed by atoms with Crippen LogP contribution in [-0.2, 0) is 0 Å². The minimum Gasteiger partial charge on any atom is -1.00 e. The van der Waals surface area contributed by atoms with Crippen LogP contribution in [0.3, 0.4) is 0 Å². The van der Waals surface area contributed by atoms with Crippen molar-refractivity contribution in [1.82, 2.24) is 20.4 Å². The number of hydrogen-bond donors (Lipinski definition) is 4. The van der Waals surface area contributed by atoms with Crippen molar-refractivity contribution < 1.29 is 45.1 Å². The van der Waals surface area contributed by atoms with Crippen LogP contribution in [0, 0.1) is 0 Å². The van der Waals surface area contributed by atoms with Crippen LogP contribution in [0.25, 0.3) is 0 Å². The molecule has 0 fully saturated rings. The molecule has 0 saturated carbocycles. The first kappa shape index (κ1) is 21.3. The highest BCUT2D eigenvalue weighted by Gasteiger charge is 2.08. The van der Waals surface area contributed by atoms with Gasteiger partial charge in [0.15, 0.2) is 0 Å². The van der Waals surface area contributed by atoms with Gasteiger partial charge >= 0.3 is 11.9 Å². The highest BCUT2D eigenvalue weighted by Crippen LogP contribution is 1.82. The van der Waals surface area contributed by atoms with Crippen molar-refractivity contribution in [3.05, 3.63) is 12.7 Å². The number of anilines is 2. The Bertz CT molecular complexity index is 426. The topological polar surface area (TPSA) is 205 Å². The van der Waals surface area contributed by atoms with Gasteiger partial charge in [0.1, 0.15) is 10.4 Å². The van der Waals surface area contributed by atoms with Gasteiger partial charge in [-0.15, -0.1) is 0 Å². The van der Waals surface area contributed by atoms with E-state index in [0.29, 0.717) is 0 Å². The van der Waals surface area contributed by atoms with E-state index in [-0.39, 0.29) is 47.7 Å². The lowest BCUT2D eigenvalue weighted by atomic mass is 11.1. The summed E-state index contributed by atoms with van der Waals surface area (Å²) in [6, 6.07) is 0. The molecule has 0 amide bonds. The standard InChI is InChI=1S/C4H6N10.2ClH.2H2O/c5-3-9-7-1-13(3)11-12-14-2-8-10-4(14)6;;;;/h1-2H,(H4,5,6,9,10);2*1H;2*1H2/b12-11+;;;;. The number of H-pyrrole nitrogens is 2. The average Bonchev–Trinajstić information content (AvgIpc) is 2.72. The molecule has 0 spiro atoms. The second-order valence-electron chi connectivity index (χ2n) is 2.35. The molecule has 12 nitrogen and oxygen atoms in total. The molecule has 14 heteroatoms. The van der Waals surface area contributed by atoms with Gasteiger partial charge in [-0.05, 0) is 10.2 Å². The van der Waals surface area contributed by atoms with Crippen LogP contribution < -0.4 is 45.6 Å². The third-order valence-electron chi connectivity index (χ3n) is 1.42. The van der Waals surface area contributed by atoms with Gasteiger partial charge in [-0.2, -0.15) is 10.2 Å². The van der Waals surface area contributed by atoms with Crippen molar-refractivity contribution in [2.24, 2.45) is 10.4 Å². The van der Waals surface area contributed by atoms with E-state index in [4.69, 9.17) is 11.5 Å². The van der Waals surface area contributed by atoms with Gasteiger partial charge in [0.25, 0.3) is 0 Å². The summed E-state index contributed by atoms with van der Waals surface area (Å²) < 4.78 is 2.50. The number of aromatic nitrogens is 6. The molecule has 0 radical (unpaired) electrons. The molecule has 0 saturated heterocycles. The Morgan fingerprint density at radius 3 is 1.44 bits per heavy atom. The first-order chi connectivity index (χ1) is 6.77. The number of aromatic amines is 2. The fourth-order valence-corrected chi connectivity index (χ4v) is 0.755. The zero-order valence-electron chi connectivity index (χ0n) is 8.75. The van der Waals surface area contributed by atoms with Crippen LogP contribution in [0.2, 0.25) is 0 Å². The Balaban J connectivity index is -0.000000562. The molecule has 0 aliphatic rings. The lowest BCUT2D eigenvalue weighted by Crippen LogP contribution is -3.00. The first-order valence-corrected chi connectivity index (χ1v) is 3.60. The highest BCUT2D eigenvalue weighted by atomic mass is 35.5. The summed E-state index contributed by atoms with van der Waals surface area (Å²) in [6.07, 6.45) is 2.74. The molecule has 0 aromatic carbocycles. The number of nitrogen functional groups attached to an aromatic ring is 2. The zero-order chi connectivity index (χ0) is 9.97. The molecule has 2 heterocycles. The third-order valence-corrected chi connectivity index (χ3v) is 1.42. The summed E-state index contributed by atoms with van der Waals surface area (Å²) in [6.45, 7) is 0. The number of rotatable bonds is 2. The molecular formula is C4H12Cl2N10O2. The monoisotopic (exact) mass is 302 g/mol. The fraction of sp³-hybridized carbons (Fsp3) is 0. The summed E-state index contributed by atoms with van der Waals surface area (Å²) in [7, 11) is 0. The largest absolute Gasteiger partial charge is 1.00 e. The molecule has 2 aromatic rings. The van der Waals surface area contributed by atoms with E-state index in [9.17, 15) is 0 Å². The smallest absolute Gasteiger partial charge is 0.344 e. The van der Waals surface area contributed by atoms with E-state index in [0.717, 1.165) is 0 Å².